The molecule has 0 saturated carbocycles. The molecule has 2 heterocycles. The molecular weight excluding hydrogens is 522 g/mol. The Bertz CT molecular complexity index is 2150. The molecule has 204 valence electrons. The Hall–Kier alpha value is -5.67. The molecule has 3 heteroatoms. The van der Waals surface area contributed by atoms with Crippen LogP contribution in [0.2, 0.25) is 0 Å². The first-order valence-corrected chi connectivity index (χ1v) is 14.7. The lowest BCUT2D eigenvalue weighted by Gasteiger charge is -2.13. The molecule has 2 aromatic heterocycles. The van der Waals surface area contributed by atoms with Gasteiger partial charge in [-0.2, -0.15) is 5.10 Å². The average Bonchev–Trinajstić information content (AvgIpc) is 3.63. The average molecular weight is 552 g/mol. The van der Waals surface area contributed by atoms with Crippen molar-refractivity contribution in [2.24, 2.45) is 0 Å². The van der Waals surface area contributed by atoms with Gasteiger partial charge in [0.1, 0.15) is 5.69 Å². The van der Waals surface area contributed by atoms with Crippen molar-refractivity contribution in [1.29, 1.82) is 0 Å². The summed E-state index contributed by atoms with van der Waals surface area (Å²) in [6, 6.07) is 55.9. The number of benzene rings is 6. The Balaban J connectivity index is 1.36. The summed E-state index contributed by atoms with van der Waals surface area (Å²) in [6.45, 7) is 2.13. The SMILES string of the molecule is Cc1ccc(-c2c(-c3ccccc3)nn(-c3ccc(-n4c5ccccc5c5ccccc54)cc3)c2-c2ccccc2)cc1. The Labute approximate surface area is 250 Å². The fraction of sp³-hybridized carbons (Fsp3) is 0.0250. The van der Waals surface area contributed by atoms with E-state index in [0.717, 1.165) is 45.0 Å². The molecule has 8 rings (SSSR count). The van der Waals surface area contributed by atoms with Crippen molar-refractivity contribution in [3.63, 3.8) is 0 Å². The number of hydrogen-bond donors (Lipinski definition) is 0. The van der Waals surface area contributed by atoms with Crippen molar-refractivity contribution in [3.05, 3.63) is 163 Å². The molecule has 0 saturated heterocycles. The quantitative estimate of drug-likeness (QED) is 0.209. The summed E-state index contributed by atoms with van der Waals surface area (Å²) in [5.41, 5.74) is 12.3. The van der Waals surface area contributed by atoms with E-state index in [9.17, 15) is 0 Å². The topological polar surface area (TPSA) is 22.8 Å². The van der Waals surface area contributed by atoms with Crippen LogP contribution in [0.3, 0.4) is 0 Å². The third-order valence-electron chi connectivity index (χ3n) is 8.25. The molecule has 0 unspecified atom stereocenters. The molecule has 0 atom stereocenters. The molecule has 0 radical (unpaired) electrons. The van der Waals surface area contributed by atoms with Crippen LogP contribution in [0.25, 0.3) is 66.8 Å². The second kappa shape index (κ2) is 10.3. The van der Waals surface area contributed by atoms with Crippen molar-refractivity contribution in [2.75, 3.05) is 0 Å². The van der Waals surface area contributed by atoms with Gasteiger partial charge in [0.15, 0.2) is 0 Å². The van der Waals surface area contributed by atoms with Crippen molar-refractivity contribution in [2.45, 2.75) is 6.92 Å². The summed E-state index contributed by atoms with van der Waals surface area (Å²) in [7, 11) is 0. The van der Waals surface area contributed by atoms with Crippen LogP contribution in [0, 0.1) is 6.92 Å². The molecule has 0 aliphatic heterocycles. The van der Waals surface area contributed by atoms with E-state index in [1.807, 2.05) is 0 Å². The number of nitrogens with zero attached hydrogens (tertiary/aromatic N) is 3. The number of para-hydroxylation sites is 2. The fourth-order valence-electron chi connectivity index (χ4n) is 6.20. The summed E-state index contributed by atoms with van der Waals surface area (Å²) in [5.74, 6) is 0. The van der Waals surface area contributed by atoms with E-state index < -0.39 is 0 Å². The van der Waals surface area contributed by atoms with Crippen LogP contribution in [-0.4, -0.2) is 14.3 Å². The largest absolute Gasteiger partial charge is 0.309 e. The van der Waals surface area contributed by atoms with Crippen LogP contribution in [0.5, 0.6) is 0 Å². The minimum Gasteiger partial charge on any atom is -0.309 e. The third kappa shape index (κ3) is 4.25. The number of fused-ring (bicyclic) bond motifs is 3. The first-order chi connectivity index (χ1) is 21.3. The molecule has 3 nitrogen and oxygen atoms in total. The van der Waals surface area contributed by atoms with Crippen molar-refractivity contribution in [3.8, 4) is 45.0 Å². The number of rotatable bonds is 5. The van der Waals surface area contributed by atoms with E-state index in [-0.39, 0.29) is 0 Å². The molecule has 0 fully saturated rings. The maximum atomic E-state index is 5.33. The monoisotopic (exact) mass is 551 g/mol. The number of aromatic nitrogens is 3. The highest BCUT2D eigenvalue weighted by atomic mass is 15.3. The zero-order valence-corrected chi connectivity index (χ0v) is 23.9. The Kier molecular flexibility index (Phi) is 6.01. The first kappa shape index (κ1) is 25.1. The third-order valence-corrected chi connectivity index (χ3v) is 8.25. The summed E-state index contributed by atoms with van der Waals surface area (Å²) < 4.78 is 4.46. The molecule has 8 aromatic rings. The van der Waals surface area contributed by atoms with E-state index >= 15 is 0 Å². The van der Waals surface area contributed by atoms with Crippen molar-refractivity contribution >= 4 is 21.8 Å². The lowest BCUT2D eigenvalue weighted by Crippen LogP contribution is -2.01. The van der Waals surface area contributed by atoms with Crippen LogP contribution in [0.15, 0.2) is 158 Å². The molecule has 0 amide bonds. The molecule has 6 aromatic carbocycles. The highest BCUT2D eigenvalue weighted by Crippen LogP contribution is 2.41. The molecule has 0 spiro atoms. The Morgan fingerprint density at radius 3 is 1.56 bits per heavy atom. The Morgan fingerprint density at radius 2 is 0.953 bits per heavy atom. The van der Waals surface area contributed by atoms with Gasteiger partial charge in [-0.05, 0) is 48.9 Å². The highest BCUT2D eigenvalue weighted by Gasteiger charge is 2.23. The molecular formula is C40H29N3. The summed E-state index contributed by atoms with van der Waals surface area (Å²) in [6.07, 6.45) is 0. The second-order valence-corrected chi connectivity index (χ2v) is 11.0. The predicted octanol–water partition coefficient (Wildman–Crippen LogP) is 10.3. The van der Waals surface area contributed by atoms with Gasteiger partial charge in [0.2, 0.25) is 0 Å². The van der Waals surface area contributed by atoms with Gasteiger partial charge in [-0.3, -0.25) is 0 Å². The fourth-order valence-corrected chi connectivity index (χ4v) is 6.20. The Morgan fingerprint density at radius 1 is 0.442 bits per heavy atom. The minimum atomic E-state index is 0.967. The van der Waals surface area contributed by atoms with Crippen molar-refractivity contribution in [1.82, 2.24) is 14.3 Å². The van der Waals surface area contributed by atoms with Crippen LogP contribution in [-0.2, 0) is 0 Å². The number of aryl methyl sites for hydroxylation is 1. The van der Waals surface area contributed by atoms with Crippen LogP contribution in [0.4, 0.5) is 0 Å². The lowest BCUT2D eigenvalue weighted by molar-refractivity contribution is 0.891. The molecule has 0 N–H and O–H groups in total. The van der Waals surface area contributed by atoms with E-state index in [1.54, 1.807) is 0 Å². The summed E-state index contributed by atoms with van der Waals surface area (Å²) in [5, 5.41) is 7.85. The van der Waals surface area contributed by atoms with Gasteiger partial charge >= 0.3 is 0 Å². The van der Waals surface area contributed by atoms with Gasteiger partial charge in [-0.15, -0.1) is 0 Å². The van der Waals surface area contributed by atoms with E-state index in [1.165, 1.54) is 27.4 Å². The molecule has 0 aliphatic carbocycles. The van der Waals surface area contributed by atoms with Gasteiger partial charge in [-0.25, -0.2) is 4.68 Å². The van der Waals surface area contributed by atoms with Gasteiger partial charge in [0.25, 0.3) is 0 Å². The maximum absolute atomic E-state index is 5.33. The molecule has 43 heavy (non-hydrogen) atoms. The van der Waals surface area contributed by atoms with Gasteiger partial charge in [0, 0.05) is 33.2 Å². The van der Waals surface area contributed by atoms with Gasteiger partial charge in [-0.1, -0.05) is 127 Å². The normalized spacial score (nSPS) is 11.4. The number of hydrogen-bond acceptors (Lipinski definition) is 1. The van der Waals surface area contributed by atoms with Crippen molar-refractivity contribution < 1.29 is 0 Å². The van der Waals surface area contributed by atoms with E-state index in [0.29, 0.717) is 0 Å². The maximum Gasteiger partial charge on any atom is 0.101 e. The van der Waals surface area contributed by atoms with Gasteiger partial charge in [0.05, 0.1) is 22.4 Å². The second-order valence-electron chi connectivity index (χ2n) is 11.0. The van der Waals surface area contributed by atoms with Crippen LogP contribution >= 0.6 is 0 Å². The molecule has 0 aliphatic rings. The molecule has 0 bridgehead atoms. The zero-order valence-electron chi connectivity index (χ0n) is 23.9. The predicted molar refractivity (Wildman–Crippen MR) is 179 cm³/mol. The summed E-state index contributed by atoms with van der Waals surface area (Å²) in [4.78, 5) is 0. The zero-order chi connectivity index (χ0) is 28.8. The minimum absolute atomic E-state index is 0.967. The first-order valence-electron chi connectivity index (χ1n) is 14.7. The highest BCUT2D eigenvalue weighted by molar-refractivity contribution is 6.09. The summed E-state index contributed by atoms with van der Waals surface area (Å²) >= 11 is 0. The van der Waals surface area contributed by atoms with Gasteiger partial charge < -0.3 is 4.57 Å². The van der Waals surface area contributed by atoms with E-state index in [4.69, 9.17) is 5.10 Å². The standard InChI is InChI=1S/C40H29N3/c1-28-20-22-29(23-21-28)38-39(30-12-4-2-5-13-30)41-43(40(38)31-14-6-3-7-15-31)33-26-24-32(25-27-33)42-36-18-10-8-16-34(36)35-17-9-11-19-37(35)42/h2-27H,1H3. The lowest BCUT2D eigenvalue weighted by atomic mass is 9.95. The van der Waals surface area contributed by atoms with Crippen LogP contribution in [0.1, 0.15) is 5.56 Å². The smallest absolute Gasteiger partial charge is 0.101 e. The van der Waals surface area contributed by atoms with Crippen LogP contribution < -0.4 is 0 Å². The van der Waals surface area contributed by atoms with E-state index in [2.05, 4.69) is 174 Å².